The Balaban J connectivity index is 1.16. The van der Waals surface area contributed by atoms with Crippen LogP contribution in [-0.4, -0.2) is 19.1 Å². The summed E-state index contributed by atoms with van der Waals surface area (Å²) >= 11 is 0. The second kappa shape index (κ2) is 13.1. The lowest BCUT2D eigenvalue weighted by Gasteiger charge is -2.16. The van der Waals surface area contributed by atoms with Crippen molar-refractivity contribution in [3.8, 4) is 56.4 Å². The third-order valence-electron chi connectivity index (χ3n) is 10.9. The molecule has 3 heterocycles. The number of aromatic nitrogens is 4. The van der Waals surface area contributed by atoms with Crippen LogP contribution in [0.5, 0.6) is 0 Å². The highest BCUT2D eigenvalue weighted by Crippen LogP contribution is 2.38. The highest BCUT2D eigenvalue weighted by atomic mass is 15.0. The molecule has 4 nitrogen and oxygen atoms in total. The van der Waals surface area contributed by atoms with Crippen LogP contribution in [0.2, 0.25) is 0 Å². The van der Waals surface area contributed by atoms with E-state index in [0.717, 1.165) is 50.6 Å². The van der Waals surface area contributed by atoms with Crippen molar-refractivity contribution in [3.05, 3.63) is 206 Å². The third kappa shape index (κ3) is 5.31. The minimum atomic E-state index is 0.703. The third-order valence-corrected chi connectivity index (χ3v) is 10.9. The van der Waals surface area contributed by atoms with Gasteiger partial charge >= 0.3 is 0 Å². The number of fused-ring (bicyclic) bond motifs is 6. The number of nitrogens with zero attached hydrogens (tertiary/aromatic N) is 4. The summed E-state index contributed by atoms with van der Waals surface area (Å²) in [4.78, 5) is 10.2. The van der Waals surface area contributed by atoms with Crippen molar-refractivity contribution in [2.75, 3.05) is 0 Å². The SMILES string of the molecule is c1ccc(-c2cc(-c3cccc(-c4cc(-n5c6ccccc6c6ccccc65)cc(-n5c6ccccc6c6ccccc65)c4)c3)nc(-c3ccccc3)n2)cc1. The van der Waals surface area contributed by atoms with Crippen LogP contribution < -0.4 is 0 Å². The van der Waals surface area contributed by atoms with Gasteiger partial charge in [0.2, 0.25) is 0 Å². The predicted molar refractivity (Wildman–Crippen MR) is 232 cm³/mol. The van der Waals surface area contributed by atoms with Crippen molar-refractivity contribution in [1.82, 2.24) is 19.1 Å². The molecule has 0 unspecified atom stereocenters. The molecule has 0 saturated heterocycles. The quantitative estimate of drug-likeness (QED) is 0.172. The normalized spacial score (nSPS) is 11.6. The van der Waals surface area contributed by atoms with Gasteiger partial charge in [0.1, 0.15) is 0 Å². The Bertz CT molecular complexity index is 2950. The van der Waals surface area contributed by atoms with E-state index < -0.39 is 0 Å². The van der Waals surface area contributed by atoms with E-state index in [9.17, 15) is 0 Å². The van der Waals surface area contributed by atoms with Gasteiger partial charge in [-0.2, -0.15) is 0 Å². The summed E-state index contributed by atoms with van der Waals surface area (Å²) in [5, 5.41) is 4.95. The molecule has 8 aromatic carbocycles. The first-order chi connectivity index (χ1) is 27.8. The smallest absolute Gasteiger partial charge is 0.160 e. The number of benzene rings is 8. The topological polar surface area (TPSA) is 35.6 Å². The Morgan fingerprint density at radius 2 is 0.661 bits per heavy atom. The summed E-state index contributed by atoms with van der Waals surface area (Å²) in [7, 11) is 0. The summed E-state index contributed by atoms with van der Waals surface area (Å²) in [6.07, 6.45) is 0. The zero-order valence-electron chi connectivity index (χ0n) is 30.4. The van der Waals surface area contributed by atoms with E-state index in [1.54, 1.807) is 0 Å². The molecule has 4 heteroatoms. The summed E-state index contributed by atoms with van der Waals surface area (Å²) < 4.78 is 4.83. The van der Waals surface area contributed by atoms with Crippen LogP contribution in [0, 0.1) is 0 Å². The average Bonchev–Trinajstić information content (AvgIpc) is 3.80. The van der Waals surface area contributed by atoms with Crippen molar-refractivity contribution in [2.45, 2.75) is 0 Å². The molecule has 0 N–H and O–H groups in total. The second-order valence-corrected chi connectivity index (χ2v) is 14.3. The number of hydrogen-bond acceptors (Lipinski definition) is 2. The monoisotopic (exact) mass is 714 g/mol. The molecule has 0 fully saturated rings. The molecule has 0 aliphatic rings. The summed E-state index contributed by atoms with van der Waals surface area (Å²) in [6.45, 7) is 0. The summed E-state index contributed by atoms with van der Waals surface area (Å²) in [5.74, 6) is 0.703. The first-order valence-electron chi connectivity index (χ1n) is 19.0. The van der Waals surface area contributed by atoms with E-state index in [2.05, 4.69) is 191 Å². The van der Waals surface area contributed by atoms with Gasteiger partial charge in [0.05, 0.1) is 33.5 Å². The molecule has 0 spiro atoms. The van der Waals surface area contributed by atoms with Gasteiger partial charge in [-0.15, -0.1) is 0 Å². The lowest BCUT2D eigenvalue weighted by Crippen LogP contribution is -2.00. The molecule has 0 aliphatic heterocycles. The Hall–Kier alpha value is -7.56. The first kappa shape index (κ1) is 31.9. The van der Waals surface area contributed by atoms with Crippen LogP contribution in [-0.2, 0) is 0 Å². The molecule has 11 rings (SSSR count). The second-order valence-electron chi connectivity index (χ2n) is 14.3. The molecule has 0 amide bonds. The molecule has 0 saturated carbocycles. The van der Waals surface area contributed by atoms with E-state index in [0.29, 0.717) is 5.82 Å². The van der Waals surface area contributed by atoms with E-state index in [1.807, 2.05) is 24.3 Å². The highest BCUT2D eigenvalue weighted by molar-refractivity contribution is 6.10. The standard InChI is InChI=1S/C52H34N4/c1-3-16-35(17-4-1)46-34-47(54-52(53-46)36-18-5-2-6-19-36)38-21-15-20-37(30-38)39-31-40(55-48-26-11-7-22-42(48)43-23-8-12-27-49(43)55)33-41(32-39)56-50-28-13-9-24-44(50)45-25-10-14-29-51(45)56/h1-34H. The molecular formula is C52H34N4. The van der Waals surface area contributed by atoms with Gasteiger partial charge in [0.25, 0.3) is 0 Å². The maximum absolute atomic E-state index is 5.17. The van der Waals surface area contributed by atoms with Crippen molar-refractivity contribution >= 4 is 43.6 Å². The zero-order chi connectivity index (χ0) is 37.0. The minimum Gasteiger partial charge on any atom is -0.309 e. The summed E-state index contributed by atoms with van der Waals surface area (Å²) in [6, 6.07) is 73.4. The Morgan fingerprint density at radius 1 is 0.268 bits per heavy atom. The van der Waals surface area contributed by atoms with Crippen LogP contribution in [0.3, 0.4) is 0 Å². The van der Waals surface area contributed by atoms with Crippen LogP contribution in [0.1, 0.15) is 0 Å². The van der Waals surface area contributed by atoms with E-state index in [4.69, 9.17) is 9.97 Å². The molecule has 3 aromatic heterocycles. The summed E-state index contributed by atoms with van der Waals surface area (Å²) in [5.41, 5.74) is 14.0. The van der Waals surface area contributed by atoms with Gasteiger partial charge in [-0.3, -0.25) is 0 Å². The van der Waals surface area contributed by atoms with Gasteiger partial charge in [0.15, 0.2) is 5.82 Å². The highest BCUT2D eigenvalue weighted by Gasteiger charge is 2.18. The van der Waals surface area contributed by atoms with E-state index in [-0.39, 0.29) is 0 Å². The molecule has 0 aliphatic carbocycles. The van der Waals surface area contributed by atoms with Gasteiger partial charge in [-0.1, -0.05) is 152 Å². The molecular weight excluding hydrogens is 681 g/mol. The lowest BCUT2D eigenvalue weighted by atomic mass is 9.99. The van der Waals surface area contributed by atoms with Crippen LogP contribution in [0.4, 0.5) is 0 Å². The first-order valence-corrected chi connectivity index (χ1v) is 19.0. The van der Waals surface area contributed by atoms with E-state index >= 15 is 0 Å². The van der Waals surface area contributed by atoms with Crippen molar-refractivity contribution in [3.63, 3.8) is 0 Å². The van der Waals surface area contributed by atoms with Crippen LogP contribution in [0.15, 0.2) is 206 Å². The van der Waals surface area contributed by atoms with Gasteiger partial charge < -0.3 is 9.13 Å². The fourth-order valence-corrected chi connectivity index (χ4v) is 8.35. The molecule has 0 radical (unpaired) electrons. The molecule has 262 valence electrons. The van der Waals surface area contributed by atoms with E-state index in [1.165, 1.54) is 43.6 Å². The maximum Gasteiger partial charge on any atom is 0.160 e. The fraction of sp³-hybridized carbons (Fsp3) is 0. The minimum absolute atomic E-state index is 0.703. The number of rotatable bonds is 6. The Labute approximate surface area is 324 Å². The predicted octanol–water partition coefficient (Wildman–Crippen LogP) is 13.3. The van der Waals surface area contributed by atoms with Crippen LogP contribution in [0.25, 0.3) is 100 Å². The van der Waals surface area contributed by atoms with Crippen molar-refractivity contribution in [2.24, 2.45) is 0 Å². The van der Waals surface area contributed by atoms with Gasteiger partial charge in [-0.05, 0) is 65.7 Å². The lowest BCUT2D eigenvalue weighted by molar-refractivity contribution is 1.13. The Morgan fingerprint density at radius 3 is 1.16 bits per heavy atom. The molecule has 0 bridgehead atoms. The van der Waals surface area contributed by atoms with Gasteiger partial charge in [0, 0.05) is 49.6 Å². The maximum atomic E-state index is 5.17. The zero-order valence-corrected chi connectivity index (χ0v) is 30.4. The van der Waals surface area contributed by atoms with Crippen LogP contribution >= 0.6 is 0 Å². The fourth-order valence-electron chi connectivity index (χ4n) is 8.35. The largest absolute Gasteiger partial charge is 0.309 e. The number of hydrogen-bond donors (Lipinski definition) is 0. The van der Waals surface area contributed by atoms with Crippen molar-refractivity contribution < 1.29 is 0 Å². The van der Waals surface area contributed by atoms with Crippen molar-refractivity contribution in [1.29, 1.82) is 0 Å². The number of para-hydroxylation sites is 4. The Kier molecular flexibility index (Phi) is 7.46. The molecule has 11 aromatic rings. The molecule has 0 atom stereocenters. The molecule has 56 heavy (non-hydrogen) atoms. The van der Waals surface area contributed by atoms with Gasteiger partial charge in [-0.25, -0.2) is 9.97 Å². The average molecular weight is 715 g/mol.